The summed E-state index contributed by atoms with van der Waals surface area (Å²) in [6, 6.07) is 3.14. The van der Waals surface area contributed by atoms with Crippen molar-refractivity contribution in [1.29, 1.82) is 0 Å². The predicted molar refractivity (Wildman–Crippen MR) is 86.8 cm³/mol. The van der Waals surface area contributed by atoms with Crippen molar-refractivity contribution in [2.45, 2.75) is 12.8 Å². The molecule has 2 aliphatic rings. The molecule has 1 amide bonds. The van der Waals surface area contributed by atoms with Gasteiger partial charge in [-0.15, -0.1) is 0 Å². The number of nitrogens with zero attached hydrogens (tertiary/aromatic N) is 2. The second-order valence-corrected chi connectivity index (χ2v) is 7.24. The van der Waals surface area contributed by atoms with Crippen LogP contribution in [0.5, 0.6) is 0 Å². The summed E-state index contributed by atoms with van der Waals surface area (Å²) in [4.78, 5) is 16.6. The first-order valence-electron chi connectivity index (χ1n) is 8.38. The summed E-state index contributed by atoms with van der Waals surface area (Å²) in [6.07, 6.45) is 1.84. The van der Waals surface area contributed by atoms with Crippen LogP contribution in [0.4, 0.5) is 8.78 Å². The van der Waals surface area contributed by atoms with E-state index in [9.17, 15) is 13.6 Å². The van der Waals surface area contributed by atoms with Crippen LogP contribution in [0.25, 0.3) is 0 Å². The fourth-order valence-electron chi connectivity index (χ4n) is 4.06. The van der Waals surface area contributed by atoms with Gasteiger partial charge in [-0.05, 0) is 50.4 Å². The Labute approximate surface area is 141 Å². The number of rotatable bonds is 3. The molecule has 4 nitrogen and oxygen atoms in total. The third-order valence-corrected chi connectivity index (χ3v) is 5.34. The van der Waals surface area contributed by atoms with E-state index in [0.29, 0.717) is 32.2 Å². The Bertz CT molecular complexity index is 615. The number of hydrogen-bond acceptors (Lipinski definition) is 3. The number of carbonyl (C=O) groups excluding carboxylic acids is 1. The molecule has 0 unspecified atom stereocenters. The van der Waals surface area contributed by atoms with Gasteiger partial charge in [0.05, 0.1) is 5.56 Å². The third-order valence-electron chi connectivity index (χ3n) is 5.34. The smallest absolute Gasteiger partial charge is 0.256 e. The van der Waals surface area contributed by atoms with Gasteiger partial charge in [0, 0.05) is 38.9 Å². The molecule has 2 fully saturated rings. The lowest BCUT2D eigenvalue weighted by Gasteiger charge is -2.38. The summed E-state index contributed by atoms with van der Waals surface area (Å²) in [5.41, 5.74) is -0.0154. The maximum Gasteiger partial charge on any atom is 0.256 e. The molecule has 0 N–H and O–H groups in total. The Morgan fingerprint density at radius 2 is 2.04 bits per heavy atom. The van der Waals surface area contributed by atoms with Gasteiger partial charge in [-0.1, -0.05) is 0 Å². The maximum absolute atomic E-state index is 14.0. The van der Waals surface area contributed by atoms with E-state index in [1.165, 1.54) is 6.07 Å². The highest BCUT2D eigenvalue weighted by Gasteiger charge is 2.48. The van der Waals surface area contributed by atoms with Gasteiger partial charge >= 0.3 is 0 Å². The molecule has 132 valence electrons. The zero-order valence-electron chi connectivity index (χ0n) is 14.2. The van der Waals surface area contributed by atoms with Crippen LogP contribution in [0, 0.1) is 23.0 Å². The van der Waals surface area contributed by atoms with Crippen molar-refractivity contribution in [3.63, 3.8) is 0 Å². The molecule has 3 rings (SSSR count). The molecule has 2 saturated heterocycles. The van der Waals surface area contributed by atoms with Crippen LogP contribution >= 0.6 is 0 Å². The average Bonchev–Trinajstić information content (AvgIpc) is 2.85. The molecule has 6 heteroatoms. The Morgan fingerprint density at radius 3 is 2.67 bits per heavy atom. The minimum atomic E-state index is -0.794. The number of likely N-dealkylation sites (tertiary alicyclic amines) is 1. The van der Waals surface area contributed by atoms with Crippen LogP contribution in [0.1, 0.15) is 23.2 Å². The second-order valence-electron chi connectivity index (χ2n) is 7.24. The van der Waals surface area contributed by atoms with Crippen molar-refractivity contribution in [3.05, 3.63) is 35.4 Å². The van der Waals surface area contributed by atoms with Crippen LogP contribution in [0.15, 0.2) is 18.2 Å². The molecule has 1 atom stereocenters. The molecule has 1 spiro atoms. The third kappa shape index (κ3) is 3.30. The summed E-state index contributed by atoms with van der Waals surface area (Å²) in [5, 5.41) is 0. The van der Waals surface area contributed by atoms with Crippen LogP contribution in [0.2, 0.25) is 0 Å². The van der Waals surface area contributed by atoms with Crippen molar-refractivity contribution in [2.24, 2.45) is 11.3 Å². The van der Waals surface area contributed by atoms with E-state index in [4.69, 9.17) is 4.74 Å². The molecule has 24 heavy (non-hydrogen) atoms. The van der Waals surface area contributed by atoms with E-state index in [1.54, 1.807) is 4.90 Å². The normalized spacial score (nSPS) is 23.2. The summed E-state index contributed by atoms with van der Waals surface area (Å²) < 4.78 is 32.6. The zero-order chi connectivity index (χ0) is 17.3. The van der Waals surface area contributed by atoms with Crippen molar-refractivity contribution >= 4 is 5.91 Å². The van der Waals surface area contributed by atoms with E-state index >= 15 is 0 Å². The fourth-order valence-corrected chi connectivity index (χ4v) is 4.06. The summed E-state index contributed by atoms with van der Waals surface area (Å²) in [5.74, 6) is -1.47. The van der Waals surface area contributed by atoms with Gasteiger partial charge < -0.3 is 14.5 Å². The minimum Gasteiger partial charge on any atom is -0.381 e. The van der Waals surface area contributed by atoms with Gasteiger partial charge in [0.15, 0.2) is 0 Å². The molecule has 0 aliphatic carbocycles. The molecule has 2 aliphatic heterocycles. The maximum atomic E-state index is 14.0. The van der Waals surface area contributed by atoms with Crippen molar-refractivity contribution in [2.75, 3.05) is 46.9 Å². The molecule has 1 aromatic rings. The second kappa shape index (κ2) is 6.76. The monoisotopic (exact) mass is 338 g/mol. The predicted octanol–water partition coefficient (Wildman–Crippen LogP) is 2.40. The van der Waals surface area contributed by atoms with E-state index < -0.39 is 11.6 Å². The molecule has 1 aromatic carbocycles. The molecule has 2 heterocycles. The van der Waals surface area contributed by atoms with Gasteiger partial charge in [0.1, 0.15) is 11.6 Å². The van der Waals surface area contributed by atoms with Gasteiger partial charge in [-0.25, -0.2) is 8.78 Å². The number of amides is 1. The summed E-state index contributed by atoms with van der Waals surface area (Å²) in [7, 11) is 4.05. The van der Waals surface area contributed by atoms with Gasteiger partial charge in [-0.2, -0.15) is 0 Å². The Kier molecular flexibility index (Phi) is 4.88. The van der Waals surface area contributed by atoms with Crippen LogP contribution < -0.4 is 0 Å². The largest absolute Gasteiger partial charge is 0.381 e. The summed E-state index contributed by atoms with van der Waals surface area (Å²) >= 11 is 0. The zero-order valence-corrected chi connectivity index (χ0v) is 14.2. The Morgan fingerprint density at radius 1 is 1.33 bits per heavy atom. The van der Waals surface area contributed by atoms with E-state index in [1.807, 2.05) is 14.1 Å². The SMILES string of the molecule is CN(C)C[C@H]1CN(C(=O)c2ccc(F)cc2F)CC12CCOCC2. The van der Waals surface area contributed by atoms with Crippen LogP contribution in [-0.2, 0) is 4.74 Å². The standard InChI is InChI=1S/C18H24F2N2O2/c1-21(2)10-13-11-22(12-18(13)5-7-24-8-6-18)17(23)15-4-3-14(19)9-16(15)20/h3-4,9,13H,5-8,10-12H2,1-2H3/t13-/m0/s1. The number of ether oxygens (including phenoxy) is 1. The van der Waals surface area contributed by atoms with E-state index in [0.717, 1.165) is 31.5 Å². The Balaban J connectivity index is 1.82. The van der Waals surface area contributed by atoms with Gasteiger partial charge in [0.25, 0.3) is 5.91 Å². The van der Waals surface area contributed by atoms with E-state index in [-0.39, 0.29) is 16.9 Å². The number of benzene rings is 1. The topological polar surface area (TPSA) is 32.8 Å². The lowest BCUT2D eigenvalue weighted by atomic mass is 9.72. The van der Waals surface area contributed by atoms with Crippen LogP contribution in [0.3, 0.4) is 0 Å². The molecular weight excluding hydrogens is 314 g/mol. The molecular formula is C18H24F2N2O2. The lowest BCUT2D eigenvalue weighted by molar-refractivity contribution is -0.00453. The summed E-state index contributed by atoms with van der Waals surface area (Å²) in [6.45, 7) is 3.52. The van der Waals surface area contributed by atoms with Crippen LogP contribution in [-0.4, -0.2) is 62.7 Å². The first kappa shape index (κ1) is 17.3. The molecule has 0 saturated carbocycles. The highest BCUT2D eigenvalue weighted by molar-refractivity contribution is 5.94. The quantitative estimate of drug-likeness (QED) is 0.848. The van der Waals surface area contributed by atoms with Gasteiger partial charge in [-0.3, -0.25) is 4.79 Å². The van der Waals surface area contributed by atoms with E-state index in [2.05, 4.69) is 4.90 Å². The minimum absolute atomic E-state index is 0.0364. The first-order chi connectivity index (χ1) is 11.4. The number of hydrogen-bond donors (Lipinski definition) is 0. The highest BCUT2D eigenvalue weighted by atomic mass is 19.1. The molecule has 0 aromatic heterocycles. The van der Waals surface area contributed by atoms with Crippen molar-refractivity contribution < 1.29 is 18.3 Å². The molecule has 0 radical (unpaired) electrons. The fraction of sp³-hybridized carbons (Fsp3) is 0.611. The number of halogens is 2. The average molecular weight is 338 g/mol. The highest BCUT2D eigenvalue weighted by Crippen LogP contribution is 2.44. The van der Waals surface area contributed by atoms with Gasteiger partial charge in [0.2, 0.25) is 0 Å². The lowest BCUT2D eigenvalue weighted by Crippen LogP contribution is -2.40. The van der Waals surface area contributed by atoms with Crippen molar-refractivity contribution in [3.8, 4) is 0 Å². The number of carbonyl (C=O) groups is 1. The van der Waals surface area contributed by atoms with Crippen molar-refractivity contribution in [1.82, 2.24) is 9.80 Å². The Hall–Kier alpha value is -1.53. The molecule has 0 bridgehead atoms. The first-order valence-corrected chi connectivity index (χ1v) is 8.38.